The van der Waals surface area contributed by atoms with Gasteiger partial charge in [-0.25, -0.2) is 4.79 Å². The molecule has 0 spiro atoms. The Balaban J connectivity index is 3.20. The summed E-state index contributed by atoms with van der Waals surface area (Å²) in [6, 6.07) is 0. The van der Waals surface area contributed by atoms with E-state index in [-0.39, 0.29) is 0 Å². The number of aryl methyl sites for hydroxylation is 2. The van der Waals surface area contributed by atoms with E-state index >= 15 is 0 Å². The van der Waals surface area contributed by atoms with E-state index in [1.54, 1.807) is 6.08 Å². The van der Waals surface area contributed by atoms with E-state index in [1.165, 1.54) is 0 Å². The zero-order valence-corrected chi connectivity index (χ0v) is 11.5. The molecule has 5 nitrogen and oxygen atoms in total. The second-order valence-corrected chi connectivity index (χ2v) is 4.20. The first-order valence-electron chi connectivity index (χ1n) is 6.20. The van der Waals surface area contributed by atoms with Gasteiger partial charge in [-0.15, -0.1) is 0 Å². The van der Waals surface area contributed by atoms with E-state index in [2.05, 4.69) is 23.8 Å². The minimum atomic E-state index is -0.942. The van der Waals surface area contributed by atoms with Gasteiger partial charge in [0.1, 0.15) is 5.82 Å². The molecule has 1 aromatic heterocycles. The van der Waals surface area contributed by atoms with Crippen molar-refractivity contribution in [2.45, 2.75) is 27.2 Å². The van der Waals surface area contributed by atoms with Crippen LogP contribution in [0.1, 0.15) is 31.5 Å². The summed E-state index contributed by atoms with van der Waals surface area (Å²) in [5.41, 5.74) is 1.73. The minimum absolute atomic E-state index is 0.847. The summed E-state index contributed by atoms with van der Waals surface area (Å²) in [6.07, 6.45) is 3.83. The molecule has 0 saturated carbocycles. The van der Waals surface area contributed by atoms with Gasteiger partial charge in [-0.05, 0) is 26.3 Å². The van der Waals surface area contributed by atoms with Crippen molar-refractivity contribution in [2.24, 2.45) is 7.05 Å². The molecule has 1 N–H and O–H groups in total. The topological polar surface area (TPSA) is 58.4 Å². The average molecular weight is 251 g/mol. The molecule has 0 atom stereocenters. The monoisotopic (exact) mass is 251 g/mol. The van der Waals surface area contributed by atoms with Crippen LogP contribution >= 0.6 is 0 Å². The number of rotatable bonds is 6. The van der Waals surface area contributed by atoms with E-state index in [1.807, 2.05) is 18.7 Å². The fourth-order valence-electron chi connectivity index (χ4n) is 2.07. The molecule has 0 unspecified atom stereocenters. The summed E-state index contributed by atoms with van der Waals surface area (Å²) in [4.78, 5) is 12.8. The van der Waals surface area contributed by atoms with Crippen molar-refractivity contribution in [3.8, 4) is 0 Å². The molecule has 1 heterocycles. The van der Waals surface area contributed by atoms with Gasteiger partial charge in [0, 0.05) is 31.8 Å². The predicted molar refractivity (Wildman–Crippen MR) is 72.8 cm³/mol. The molecule has 0 fully saturated rings. The largest absolute Gasteiger partial charge is 0.478 e. The van der Waals surface area contributed by atoms with Gasteiger partial charge in [-0.2, -0.15) is 5.10 Å². The van der Waals surface area contributed by atoms with Crippen LogP contribution in [0.25, 0.3) is 6.08 Å². The van der Waals surface area contributed by atoms with Gasteiger partial charge in [0.25, 0.3) is 0 Å². The van der Waals surface area contributed by atoms with Crippen LogP contribution in [-0.2, 0) is 11.8 Å². The van der Waals surface area contributed by atoms with E-state index in [0.29, 0.717) is 0 Å². The number of nitrogens with zero attached hydrogens (tertiary/aromatic N) is 3. The number of carbonyl (C=O) groups is 1. The lowest BCUT2D eigenvalue weighted by molar-refractivity contribution is -0.131. The molecular formula is C13H21N3O2. The minimum Gasteiger partial charge on any atom is -0.478 e. The van der Waals surface area contributed by atoms with Crippen LogP contribution in [0, 0.1) is 6.92 Å². The van der Waals surface area contributed by atoms with Gasteiger partial charge in [0.2, 0.25) is 0 Å². The maximum Gasteiger partial charge on any atom is 0.328 e. The van der Waals surface area contributed by atoms with Crippen LogP contribution in [0.3, 0.4) is 0 Å². The fraction of sp³-hybridized carbons (Fsp3) is 0.538. The van der Waals surface area contributed by atoms with E-state index in [9.17, 15) is 4.79 Å². The molecular weight excluding hydrogens is 230 g/mol. The summed E-state index contributed by atoms with van der Waals surface area (Å²) in [5.74, 6) is 0.0390. The zero-order valence-electron chi connectivity index (χ0n) is 11.5. The van der Waals surface area contributed by atoms with Crippen molar-refractivity contribution < 1.29 is 9.90 Å². The first-order chi connectivity index (χ1) is 8.51. The second kappa shape index (κ2) is 6.23. The molecule has 0 aliphatic rings. The Labute approximate surface area is 108 Å². The van der Waals surface area contributed by atoms with Crippen LogP contribution in [0.4, 0.5) is 5.82 Å². The third-order valence-electron chi connectivity index (χ3n) is 2.80. The maximum absolute atomic E-state index is 10.6. The van der Waals surface area contributed by atoms with Gasteiger partial charge in [0.05, 0.1) is 5.69 Å². The number of hydrogen-bond donors (Lipinski definition) is 1. The molecule has 18 heavy (non-hydrogen) atoms. The Morgan fingerprint density at radius 1 is 1.50 bits per heavy atom. The van der Waals surface area contributed by atoms with Crippen LogP contribution in [0.15, 0.2) is 6.08 Å². The van der Waals surface area contributed by atoms with Gasteiger partial charge >= 0.3 is 5.97 Å². The van der Waals surface area contributed by atoms with Gasteiger partial charge in [-0.3, -0.25) is 4.68 Å². The van der Waals surface area contributed by atoms with Crippen molar-refractivity contribution >= 4 is 17.9 Å². The molecule has 5 heteroatoms. The van der Waals surface area contributed by atoms with E-state index in [4.69, 9.17) is 5.11 Å². The lowest BCUT2D eigenvalue weighted by Gasteiger charge is -2.23. The summed E-state index contributed by atoms with van der Waals surface area (Å²) in [5, 5.41) is 13.1. The summed E-state index contributed by atoms with van der Waals surface area (Å²) in [6.45, 7) is 7.91. The molecule has 0 amide bonds. The highest BCUT2D eigenvalue weighted by atomic mass is 16.4. The Bertz CT molecular complexity index is 449. The Morgan fingerprint density at radius 3 is 2.67 bits per heavy atom. The molecule has 100 valence electrons. The summed E-state index contributed by atoms with van der Waals surface area (Å²) in [7, 11) is 1.89. The zero-order chi connectivity index (χ0) is 13.7. The standard InChI is InChI=1S/C13H21N3O2/c1-5-9-16(6-2)13-11(7-8-12(17)18)10(3)14-15(13)4/h7-8H,5-6,9H2,1-4H3,(H,17,18)/b8-7+. The lowest BCUT2D eigenvalue weighted by atomic mass is 10.2. The summed E-state index contributed by atoms with van der Waals surface area (Å²) < 4.78 is 1.82. The van der Waals surface area contributed by atoms with Gasteiger partial charge < -0.3 is 10.0 Å². The first-order valence-corrected chi connectivity index (χ1v) is 6.20. The number of aromatic nitrogens is 2. The molecule has 1 aromatic rings. The highest BCUT2D eigenvalue weighted by Gasteiger charge is 2.16. The van der Waals surface area contributed by atoms with Crippen LogP contribution < -0.4 is 4.90 Å². The highest BCUT2D eigenvalue weighted by molar-refractivity contribution is 5.87. The van der Waals surface area contributed by atoms with Crippen molar-refractivity contribution in [1.29, 1.82) is 0 Å². The number of hydrogen-bond acceptors (Lipinski definition) is 3. The lowest BCUT2D eigenvalue weighted by Crippen LogP contribution is -2.26. The molecule has 0 aromatic carbocycles. The molecule has 0 aliphatic carbocycles. The number of carboxylic acid groups (broad SMARTS) is 1. The van der Waals surface area contributed by atoms with Crippen LogP contribution in [0.5, 0.6) is 0 Å². The Kier molecular flexibility index (Phi) is 4.95. The second-order valence-electron chi connectivity index (χ2n) is 4.20. The average Bonchev–Trinajstić information content (AvgIpc) is 2.58. The number of aliphatic carboxylic acids is 1. The maximum atomic E-state index is 10.6. The number of carboxylic acids is 1. The molecule has 0 saturated heterocycles. The van der Waals surface area contributed by atoms with Crippen molar-refractivity contribution in [2.75, 3.05) is 18.0 Å². The smallest absolute Gasteiger partial charge is 0.328 e. The van der Waals surface area contributed by atoms with Gasteiger partial charge in [0.15, 0.2) is 0 Å². The van der Waals surface area contributed by atoms with Crippen molar-refractivity contribution in [1.82, 2.24) is 9.78 Å². The summed E-state index contributed by atoms with van der Waals surface area (Å²) >= 11 is 0. The molecule has 1 rings (SSSR count). The normalized spacial score (nSPS) is 11.1. The Morgan fingerprint density at radius 2 is 2.17 bits per heavy atom. The van der Waals surface area contributed by atoms with Crippen LogP contribution in [-0.4, -0.2) is 33.9 Å². The van der Waals surface area contributed by atoms with Crippen LogP contribution in [0.2, 0.25) is 0 Å². The van der Waals surface area contributed by atoms with Crippen molar-refractivity contribution in [3.63, 3.8) is 0 Å². The van der Waals surface area contributed by atoms with Gasteiger partial charge in [-0.1, -0.05) is 6.92 Å². The van der Waals surface area contributed by atoms with E-state index in [0.717, 1.165) is 42.7 Å². The SMILES string of the molecule is CCCN(CC)c1c(/C=C/C(=O)O)c(C)nn1C. The predicted octanol–water partition coefficient (Wildman–Crippen LogP) is 2.06. The van der Waals surface area contributed by atoms with E-state index < -0.39 is 5.97 Å². The molecule has 0 radical (unpaired) electrons. The number of anilines is 1. The quantitative estimate of drug-likeness (QED) is 0.786. The first kappa shape index (κ1) is 14.3. The Hall–Kier alpha value is -1.78. The third kappa shape index (κ3) is 3.12. The molecule has 0 aliphatic heterocycles. The van der Waals surface area contributed by atoms with Crippen molar-refractivity contribution in [3.05, 3.63) is 17.3 Å². The fourth-order valence-corrected chi connectivity index (χ4v) is 2.07. The molecule has 0 bridgehead atoms. The third-order valence-corrected chi connectivity index (χ3v) is 2.80. The highest BCUT2D eigenvalue weighted by Crippen LogP contribution is 2.24.